The Morgan fingerprint density at radius 1 is 0.946 bits per heavy atom. The molecule has 4 heteroatoms. The smallest absolute Gasteiger partial charge is 0.306 e. The third-order valence-electron chi connectivity index (χ3n) is 14.1. The molecule has 6 aliphatic carbocycles. The van der Waals surface area contributed by atoms with Crippen LogP contribution in [0.15, 0.2) is 0 Å². The van der Waals surface area contributed by atoms with E-state index in [2.05, 4.69) is 27.7 Å². The van der Waals surface area contributed by atoms with Crippen molar-refractivity contribution in [2.45, 2.75) is 142 Å². The summed E-state index contributed by atoms with van der Waals surface area (Å²) in [7, 11) is 0. The molecule has 0 unspecified atom stereocenters. The molecule has 6 rings (SSSR count). The molecule has 6 fully saturated rings. The lowest BCUT2D eigenvalue weighted by atomic mass is 9.43. The zero-order chi connectivity index (χ0) is 26.2. The van der Waals surface area contributed by atoms with Crippen LogP contribution in [0.25, 0.3) is 0 Å². The summed E-state index contributed by atoms with van der Waals surface area (Å²) >= 11 is 0. The topological polar surface area (TPSA) is 66.8 Å². The van der Waals surface area contributed by atoms with Crippen molar-refractivity contribution in [3.05, 3.63) is 0 Å². The van der Waals surface area contributed by atoms with E-state index in [1.54, 1.807) is 0 Å². The standard InChI is InChI=1S/C33H54O4/c1-5-33(19-21-7-8-23(33)16-21)37-30(36)13-6-20(2)26-11-12-27-25-10-9-22-17-24(34)14-15-31(22,3)28(25)18-29(35)32(26,27)4/h20-29,34-35H,5-19H2,1-4H3/t20-,21-,22-,23+,24-,25+,26-,27+,28+,29+,31+,32-,33+/m1/s1. The van der Waals surface area contributed by atoms with Gasteiger partial charge < -0.3 is 14.9 Å². The SMILES string of the molecule is CC[C@]1(OC(=O)CC[C@@H](C)[C@H]2CC[C@H]3[C@@H]4CC[C@@H]5C[C@H](O)CC[C@]5(C)[C@H]4C[C@H](O)[C@]23C)C[C@@H]2CC[C@H]1C2. The number of ether oxygens (including phenoxy) is 1. The fraction of sp³-hybridized carbons (Fsp3) is 0.970. The van der Waals surface area contributed by atoms with Gasteiger partial charge in [0, 0.05) is 6.42 Å². The Bertz CT molecular complexity index is 872. The maximum Gasteiger partial charge on any atom is 0.306 e. The summed E-state index contributed by atoms with van der Waals surface area (Å²) in [6, 6.07) is 0. The summed E-state index contributed by atoms with van der Waals surface area (Å²) in [5, 5.41) is 22.1. The van der Waals surface area contributed by atoms with Crippen LogP contribution < -0.4 is 0 Å². The molecule has 0 aromatic rings. The molecule has 0 aliphatic heterocycles. The minimum atomic E-state index is -0.250. The molecular formula is C33H54O4. The molecule has 2 bridgehead atoms. The highest BCUT2D eigenvalue weighted by molar-refractivity contribution is 5.70. The Balaban J connectivity index is 1.10. The van der Waals surface area contributed by atoms with Gasteiger partial charge in [-0.1, -0.05) is 27.7 Å². The largest absolute Gasteiger partial charge is 0.459 e. The van der Waals surface area contributed by atoms with Crippen LogP contribution in [-0.2, 0) is 9.53 Å². The van der Waals surface area contributed by atoms with E-state index in [1.807, 2.05) is 0 Å². The normalized spacial score (nSPS) is 53.3. The summed E-state index contributed by atoms with van der Waals surface area (Å²) < 4.78 is 6.28. The van der Waals surface area contributed by atoms with Crippen LogP contribution in [-0.4, -0.2) is 34.0 Å². The summed E-state index contributed by atoms with van der Waals surface area (Å²) in [6.07, 6.45) is 15.9. The average Bonchev–Trinajstić information content (AvgIpc) is 3.57. The molecule has 0 amide bonds. The maximum absolute atomic E-state index is 13.1. The van der Waals surface area contributed by atoms with Crippen molar-refractivity contribution in [1.29, 1.82) is 0 Å². The fourth-order valence-corrected chi connectivity index (χ4v) is 12.0. The van der Waals surface area contributed by atoms with E-state index in [0.29, 0.717) is 47.8 Å². The minimum absolute atomic E-state index is 0.0240. The summed E-state index contributed by atoms with van der Waals surface area (Å²) in [4.78, 5) is 13.1. The van der Waals surface area contributed by atoms with Gasteiger partial charge in [0.05, 0.1) is 12.2 Å². The third kappa shape index (κ3) is 4.08. The Kier molecular flexibility index (Phi) is 6.83. The van der Waals surface area contributed by atoms with E-state index in [4.69, 9.17) is 4.74 Å². The van der Waals surface area contributed by atoms with Crippen LogP contribution in [0.4, 0.5) is 0 Å². The lowest BCUT2D eigenvalue weighted by molar-refractivity contribution is -0.175. The number of fused-ring (bicyclic) bond motifs is 7. The molecule has 210 valence electrons. The number of aliphatic hydroxyl groups is 2. The van der Waals surface area contributed by atoms with Crippen LogP contribution in [0.3, 0.4) is 0 Å². The molecule has 0 aromatic carbocycles. The first kappa shape index (κ1) is 26.6. The van der Waals surface area contributed by atoms with Gasteiger partial charge in [-0.2, -0.15) is 0 Å². The van der Waals surface area contributed by atoms with Crippen molar-refractivity contribution in [2.24, 2.45) is 58.2 Å². The van der Waals surface area contributed by atoms with E-state index < -0.39 is 0 Å². The zero-order valence-corrected chi connectivity index (χ0v) is 24.1. The van der Waals surface area contributed by atoms with E-state index in [1.165, 1.54) is 44.9 Å². The highest BCUT2D eigenvalue weighted by atomic mass is 16.6. The molecule has 0 spiro atoms. The molecule has 6 aliphatic rings. The van der Waals surface area contributed by atoms with Crippen molar-refractivity contribution < 1.29 is 19.7 Å². The molecule has 2 N–H and O–H groups in total. The minimum Gasteiger partial charge on any atom is -0.459 e. The lowest BCUT2D eigenvalue weighted by Crippen LogP contribution is -2.58. The highest BCUT2D eigenvalue weighted by Gasteiger charge is 2.63. The first-order valence-electron chi connectivity index (χ1n) is 16.2. The predicted octanol–water partition coefficient (Wildman–Crippen LogP) is 6.91. The second kappa shape index (κ2) is 9.50. The number of aliphatic hydroxyl groups excluding tert-OH is 2. The fourth-order valence-electron chi connectivity index (χ4n) is 12.0. The maximum atomic E-state index is 13.1. The van der Waals surface area contributed by atoms with Gasteiger partial charge in [0.25, 0.3) is 0 Å². The second-order valence-corrected chi connectivity index (χ2v) is 15.4. The van der Waals surface area contributed by atoms with E-state index in [9.17, 15) is 15.0 Å². The quantitative estimate of drug-likeness (QED) is 0.378. The monoisotopic (exact) mass is 514 g/mol. The van der Waals surface area contributed by atoms with E-state index in [0.717, 1.165) is 50.9 Å². The number of hydrogen-bond donors (Lipinski definition) is 2. The highest BCUT2D eigenvalue weighted by Crippen LogP contribution is 2.68. The van der Waals surface area contributed by atoms with Crippen LogP contribution >= 0.6 is 0 Å². The molecule has 0 saturated heterocycles. The Hall–Kier alpha value is -0.610. The summed E-state index contributed by atoms with van der Waals surface area (Å²) in [5.41, 5.74) is 0.0797. The third-order valence-corrected chi connectivity index (χ3v) is 14.1. The van der Waals surface area contributed by atoms with Gasteiger partial charge in [-0.25, -0.2) is 0 Å². The number of carbonyl (C=O) groups is 1. The second-order valence-electron chi connectivity index (χ2n) is 15.4. The number of carbonyl (C=O) groups excluding carboxylic acids is 1. The van der Waals surface area contributed by atoms with Crippen molar-refractivity contribution in [1.82, 2.24) is 0 Å². The van der Waals surface area contributed by atoms with Gasteiger partial charge in [-0.05, 0) is 148 Å². The Labute approximate surface area is 225 Å². The van der Waals surface area contributed by atoms with Gasteiger partial charge in [-0.15, -0.1) is 0 Å². The molecular weight excluding hydrogens is 460 g/mol. The van der Waals surface area contributed by atoms with Crippen LogP contribution in [0.5, 0.6) is 0 Å². The molecule has 4 nitrogen and oxygen atoms in total. The lowest BCUT2D eigenvalue weighted by Gasteiger charge is -2.62. The summed E-state index contributed by atoms with van der Waals surface area (Å²) in [5.74, 6) is 4.85. The molecule has 37 heavy (non-hydrogen) atoms. The molecule has 0 heterocycles. The number of rotatable bonds is 6. The van der Waals surface area contributed by atoms with Gasteiger partial charge in [0.2, 0.25) is 0 Å². The molecule has 13 atom stereocenters. The van der Waals surface area contributed by atoms with Crippen molar-refractivity contribution in [2.75, 3.05) is 0 Å². The van der Waals surface area contributed by atoms with E-state index >= 15 is 0 Å². The van der Waals surface area contributed by atoms with Crippen LogP contribution in [0, 0.1) is 58.2 Å². The molecule has 6 saturated carbocycles. The summed E-state index contributed by atoms with van der Waals surface area (Å²) in [6.45, 7) is 9.45. The van der Waals surface area contributed by atoms with Crippen molar-refractivity contribution in [3.63, 3.8) is 0 Å². The van der Waals surface area contributed by atoms with Crippen LogP contribution in [0.1, 0.15) is 124 Å². The predicted molar refractivity (Wildman–Crippen MR) is 146 cm³/mol. The van der Waals surface area contributed by atoms with Crippen molar-refractivity contribution in [3.8, 4) is 0 Å². The van der Waals surface area contributed by atoms with Crippen LogP contribution in [0.2, 0.25) is 0 Å². The molecule has 0 aromatic heterocycles. The Morgan fingerprint density at radius 3 is 2.43 bits per heavy atom. The number of esters is 1. The van der Waals surface area contributed by atoms with Gasteiger partial charge >= 0.3 is 5.97 Å². The number of hydrogen-bond acceptors (Lipinski definition) is 4. The van der Waals surface area contributed by atoms with Crippen molar-refractivity contribution >= 4 is 5.97 Å². The van der Waals surface area contributed by atoms with Gasteiger partial charge in [-0.3, -0.25) is 4.79 Å². The molecule has 0 radical (unpaired) electrons. The first-order valence-corrected chi connectivity index (χ1v) is 16.2. The zero-order valence-electron chi connectivity index (χ0n) is 24.1. The first-order chi connectivity index (χ1) is 17.6. The van der Waals surface area contributed by atoms with Gasteiger partial charge in [0.1, 0.15) is 5.60 Å². The Morgan fingerprint density at radius 2 is 1.73 bits per heavy atom. The van der Waals surface area contributed by atoms with Gasteiger partial charge in [0.15, 0.2) is 0 Å². The van der Waals surface area contributed by atoms with E-state index in [-0.39, 0.29) is 34.6 Å². The average molecular weight is 515 g/mol.